The number of hydrogen-bond acceptors (Lipinski definition) is 12. The second-order valence-corrected chi connectivity index (χ2v) is 11.1. The van der Waals surface area contributed by atoms with E-state index >= 15 is 0 Å². The number of carbonyl (C=O) groups excluding carboxylic acids is 4. The maximum Gasteiger partial charge on any atom is 0.308 e. The first-order valence-corrected chi connectivity index (χ1v) is 16.4. The highest BCUT2D eigenvalue weighted by Crippen LogP contribution is 2.08. The zero-order valence-electron chi connectivity index (χ0n) is 29.0. The molecule has 0 aromatic rings. The molecule has 0 aliphatic carbocycles. The molecule has 0 saturated carbocycles. The Morgan fingerprint density at radius 1 is 0.717 bits per heavy atom. The normalized spacial score (nSPS) is 11.3. The van der Waals surface area contributed by atoms with Gasteiger partial charge in [-0.15, -0.1) is 0 Å². The lowest BCUT2D eigenvalue weighted by atomic mass is 10.1. The molecule has 0 aromatic carbocycles. The van der Waals surface area contributed by atoms with Gasteiger partial charge in [-0.2, -0.15) is 0 Å². The van der Waals surface area contributed by atoms with Crippen LogP contribution >= 0.6 is 0 Å². The fourth-order valence-electron chi connectivity index (χ4n) is 3.40. The lowest BCUT2D eigenvalue weighted by Gasteiger charge is -2.19. The van der Waals surface area contributed by atoms with Gasteiger partial charge in [-0.3, -0.25) is 19.2 Å². The highest BCUT2D eigenvalue weighted by Gasteiger charge is 2.17. The fourth-order valence-corrected chi connectivity index (χ4v) is 3.40. The minimum absolute atomic E-state index is 0.0849. The molecule has 0 fully saturated rings. The summed E-state index contributed by atoms with van der Waals surface area (Å²) in [6.45, 7) is 13.0. The molecule has 0 heterocycles. The van der Waals surface area contributed by atoms with Crippen molar-refractivity contribution in [3.8, 4) is 0 Å². The molecule has 0 bridgehead atoms. The van der Waals surface area contributed by atoms with E-state index in [2.05, 4.69) is 23.3 Å². The number of nitrogens with one attached hydrogen (secondary N) is 2. The molecule has 10 N–H and O–H groups in total. The van der Waals surface area contributed by atoms with Crippen LogP contribution in [-0.4, -0.2) is 115 Å². The summed E-state index contributed by atoms with van der Waals surface area (Å²) in [5.41, 5.74) is 19.8. The van der Waals surface area contributed by atoms with E-state index in [1.165, 1.54) is 12.8 Å². The van der Waals surface area contributed by atoms with Crippen LogP contribution in [0.4, 0.5) is 0 Å². The summed E-state index contributed by atoms with van der Waals surface area (Å²) >= 11 is 0. The van der Waals surface area contributed by atoms with Gasteiger partial charge in [0.15, 0.2) is 0 Å². The Kier molecular flexibility index (Phi) is 38.7. The Labute approximate surface area is 276 Å². The summed E-state index contributed by atoms with van der Waals surface area (Å²) in [7, 11) is 0. The van der Waals surface area contributed by atoms with Gasteiger partial charge >= 0.3 is 5.97 Å². The van der Waals surface area contributed by atoms with Gasteiger partial charge in [0.25, 0.3) is 0 Å². The molecular weight excluding hydrogens is 600 g/mol. The van der Waals surface area contributed by atoms with Crippen LogP contribution < -0.4 is 33.6 Å². The number of primary amides is 1. The van der Waals surface area contributed by atoms with Crippen molar-refractivity contribution in [3.05, 3.63) is 0 Å². The van der Waals surface area contributed by atoms with Crippen LogP contribution in [0.5, 0.6) is 0 Å². The van der Waals surface area contributed by atoms with Crippen LogP contribution in [0.25, 0.3) is 0 Å². The number of rotatable bonds is 27. The van der Waals surface area contributed by atoms with Gasteiger partial charge in [-0.05, 0) is 66.1 Å². The van der Waals surface area contributed by atoms with E-state index in [0.29, 0.717) is 91.8 Å². The molecule has 46 heavy (non-hydrogen) atoms. The second kappa shape index (κ2) is 37.1. The van der Waals surface area contributed by atoms with Crippen molar-refractivity contribution in [3.63, 3.8) is 0 Å². The summed E-state index contributed by atoms with van der Waals surface area (Å²) in [5, 5.41) is 5.74. The van der Waals surface area contributed by atoms with Crippen molar-refractivity contribution >= 4 is 24.2 Å². The largest absolute Gasteiger partial charge is 0.460 e. The van der Waals surface area contributed by atoms with Gasteiger partial charge in [0, 0.05) is 25.4 Å². The quantitative estimate of drug-likeness (QED) is 0.0399. The molecule has 0 radical (unpaired) electrons. The SMILES string of the molecule is CC(C)(C)OC(=O)CCOCCOCCOCCOCCNC(=O)CC(CCCCN)NC(=O)CCCN.CCCCN.NC=O. The average molecular weight is 667 g/mol. The average Bonchev–Trinajstić information content (AvgIpc) is 2.98. The maximum absolute atomic E-state index is 12.2. The smallest absolute Gasteiger partial charge is 0.308 e. The predicted molar refractivity (Wildman–Crippen MR) is 179 cm³/mol. The predicted octanol–water partition coefficient (Wildman–Crippen LogP) is 0.490. The Morgan fingerprint density at radius 2 is 1.22 bits per heavy atom. The zero-order valence-corrected chi connectivity index (χ0v) is 29.0. The van der Waals surface area contributed by atoms with E-state index in [0.717, 1.165) is 19.4 Å². The van der Waals surface area contributed by atoms with Gasteiger partial charge < -0.3 is 57.3 Å². The number of ether oxygens (including phenoxy) is 5. The number of hydrogen-bond donors (Lipinski definition) is 6. The third kappa shape index (κ3) is 43.7. The third-order valence-corrected chi connectivity index (χ3v) is 5.52. The summed E-state index contributed by atoms with van der Waals surface area (Å²) in [4.78, 5) is 44.4. The molecule has 15 nitrogen and oxygen atoms in total. The first-order valence-electron chi connectivity index (χ1n) is 16.4. The molecule has 0 rings (SSSR count). The summed E-state index contributed by atoms with van der Waals surface area (Å²) < 4.78 is 26.9. The standard InChI is InChI=1S/C26H52N4O8.C4H11N.CH3NO/c1-26(2,3)38-25(33)9-13-34-15-17-36-19-20-37-18-16-35-14-12-29-24(32)21-22(7-4-5-10-27)30-23(31)8-6-11-28;1-2-3-4-5;2-1-3/h22H,4-21,27-28H2,1-3H3,(H,29,32)(H,30,31);2-5H2,1H3;1H,(H2,2,3). The number of unbranched alkanes of at least 4 members (excludes halogenated alkanes) is 2. The van der Waals surface area contributed by atoms with Gasteiger partial charge in [0.05, 0.1) is 59.3 Å². The van der Waals surface area contributed by atoms with E-state index in [1.54, 1.807) is 0 Å². The molecule has 0 saturated heterocycles. The number of nitrogens with two attached hydrogens (primary N) is 4. The summed E-state index contributed by atoms with van der Waals surface area (Å²) in [6.07, 6.45) is 6.46. The lowest BCUT2D eigenvalue weighted by Crippen LogP contribution is -2.40. The molecule has 0 aromatic heterocycles. The molecule has 3 amide bonds. The van der Waals surface area contributed by atoms with E-state index in [9.17, 15) is 14.4 Å². The second-order valence-electron chi connectivity index (χ2n) is 11.1. The molecule has 274 valence electrons. The summed E-state index contributed by atoms with van der Waals surface area (Å²) in [5.74, 6) is -0.495. The monoisotopic (exact) mass is 666 g/mol. The van der Waals surface area contributed by atoms with Crippen LogP contribution in [0.15, 0.2) is 0 Å². The van der Waals surface area contributed by atoms with Crippen molar-refractivity contribution in [2.45, 2.75) is 97.1 Å². The minimum atomic E-state index is -0.485. The van der Waals surface area contributed by atoms with Crippen molar-refractivity contribution in [1.82, 2.24) is 10.6 Å². The number of carbonyl (C=O) groups is 4. The minimum Gasteiger partial charge on any atom is -0.460 e. The van der Waals surface area contributed by atoms with Crippen LogP contribution in [0, 0.1) is 0 Å². The Morgan fingerprint density at radius 3 is 1.67 bits per heavy atom. The van der Waals surface area contributed by atoms with E-state index < -0.39 is 5.60 Å². The molecule has 15 heteroatoms. The van der Waals surface area contributed by atoms with Crippen molar-refractivity contribution in [1.29, 1.82) is 0 Å². The van der Waals surface area contributed by atoms with Gasteiger partial charge in [-0.25, -0.2) is 0 Å². The first-order chi connectivity index (χ1) is 22.0. The van der Waals surface area contributed by atoms with E-state index in [-0.39, 0.29) is 43.1 Å². The molecule has 0 aliphatic heterocycles. The van der Waals surface area contributed by atoms with Crippen molar-refractivity contribution in [2.75, 3.05) is 79.0 Å². The molecule has 1 unspecified atom stereocenters. The molecule has 1 atom stereocenters. The Hall–Kier alpha value is -2.40. The molecular formula is C31H66N6O9. The Bertz CT molecular complexity index is 710. The highest BCUT2D eigenvalue weighted by molar-refractivity contribution is 5.79. The van der Waals surface area contributed by atoms with Crippen molar-refractivity contribution < 1.29 is 42.9 Å². The number of amides is 3. The Balaban J connectivity index is -0.00000205. The highest BCUT2D eigenvalue weighted by atomic mass is 16.6. The van der Waals surface area contributed by atoms with E-state index in [4.69, 9.17) is 45.7 Å². The van der Waals surface area contributed by atoms with Crippen molar-refractivity contribution in [2.24, 2.45) is 22.9 Å². The topological polar surface area (TPSA) is 243 Å². The summed E-state index contributed by atoms with van der Waals surface area (Å²) in [6, 6.07) is -0.216. The first kappa shape index (κ1) is 48.0. The molecule has 0 aliphatic rings. The van der Waals surface area contributed by atoms with Crippen LogP contribution in [0.1, 0.15) is 85.5 Å². The fraction of sp³-hybridized carbons (Fsp3) is 0.871. The van der Waals surface area contributed by atoms with Crippen LogP contribution in [-0.2, 0) is 42.9 Å². The van der Waals surface area contributed by atoms with E-state index in [1.807, 2.05) is 20.8 Å². The van der Waals surface area contributed by atoms with Crippen LogP contribution in [0.3, 0.4) is 0 Å². The van der Waals surface area contributed by atoms with Gasteiger partial charge in [-0.1, -0.05) is 19.8 Å². The maximum atomic E-state index is 12.2. The van der Waals surface area contributed by atoms with Crippen LogP contribution in [0.2, 0.25) is 0 Å². The van der Waals surface area contributed by atoms with Gasteiger partial charge in [0.1, 0.15) is 5.60 Å². The lowest BCUT2D eigenvalue weighted by molar-refractivity contribution is -0.156. The number of esters is 1. The zero-order chi connectivity index (χ0) is 35.3. The molecule has 0 spiro atoms. The van der Waals surface area contributed by atoms with Gasteiger partial charge in [0.2, 0.25) is 18.2 Å². The third-order valence-electron chi connectivity index (χ3n) is 5.52.